The summed E-state index contributed by atoms with van der Waals surface area (Å²) in [6.07, 6.45) is 2.00. The van der Waals surface area contributed by atoms with Crippen LogP contribution < -0.4 is 5.73 Å². The second-order valence-electron chi connectivity index (χ2n) is 4.80. The largest absolute Gasteiger partial charge is 0.337 e. The van der Waals surface area contributed by atoms with Crippen molar-refractivity contribution in [3.05, 3.63) is 0 Å². The highest BCUT2D eigenvalue weighted by molar-refractivity contribution is 7.91. The van der Waals surface area contributed by atoms with Crippen molar-refractivity contribution in [2.75, 3.05) is 18.1 Å². The van der Waals surface area contributed by atoms with Crippen molar-refractivity contribution in [1.82, 2.24) is 4.90 Å². The number of nitrogens with two attached hydrogens (primary N) is 1. The quantitative estimate of drug-likeness (QED) is 0.729. The summed E-state index contributed by atoms with van der Waals surface area (Å²) < 4.78 is 22.8. The fourth-order valence-corrected chi connectivity index (χ4v) is 3.95. The van der Waals surface area contributed by atoms with E-state index in [1.807, 2.05) is 6.92 Å². The van der Waals surface area contributed by atoms with Gasteiger partial charge in [-0.2, -0.15) is 0 Å². The van der Waals surface area contributed by atoms with Gasteiger partial charge in [0.25, 0.3) is 0 Å². The Morgan fingerprint density at radius 1 is 1.50 bits per heavy atom. The minimum atomic E-state index is -2.94. The molecule has 2 fully saturated rings. The molecule has 5 nitrogen and oxygen atoms in total. The van der Waals surface area contributed by atoms with Gasteiger partial charge in [-0.05, 0) is 26.2 Å². The zero-order chi connectivity index (χ0) is 12.0. The molecular formula is C10H18N2O3S. The Bertz CT molecular complexity index is 400. The van der Waals surface area contributed by atoms with Gasteiger partial charge in [-0.25, -0.2) is 8.42 Å². The minimum Gasteiger partial charge on any atom is -0.337 e. The molecule has 0 spiro atoms. The summed E-state index contributed by atoms with van der Waals surface area (Å²) in [6, 6.07) is -0.163. The van der Waals surface area contributed by atoms with Gasteiger partial charge in [0.2, 0.25) is 5.91 Å². The van der Waals surface area contributed by atoms with Crippen molar-refractivity contribution < 1.29 is 13.2 Å². The molecule has 1 unspecified atom stereocenters. The maximum Gasteiger partial charge on any atom is 0.242 e. The van der Waals surface area contributed by atoms with E-state index in [1.54, 1.807) is 4.90 Å². The highest BCUT2D eigenvalue weighted by Crippen LogP contribution is 2.35. The van der Waals surface area contributed by atoms with E-state index in [2.05, 4.69) is 0 Å². The molecule has 0 aromatic rings. The van der Waals surface area contributed by atoms with Crippen molar-refractivity contribution in [1.29, 1.82) is 0 Å². The smallest absolute Gasteiger partial charge is 0.242 e. The number of carbonyl (C=O) groups excluding carboxylic acids is 1. The summed E-state index contributed by atoms with van der Waals surface area (Å²) in [6.45, 7) is 2.41. The Balaban J connectivity index is 2.09. The summed E-state index contributed by atoms with van der Waals surface area (Å²) in [4.78, 5) is 13.7. The van der Waals surface area contributed by atoms with Gasteiger partial charge < -0.3 is 10.6 Å². The maximum absolute atomic E-state index is 12.1. The van der Waals surface area contributed by atoms with Gasteiger partial charge in [0, 0.05) is 12.6 Å². The highest BCUT2D eigenvalue weighted by atomic mass is 32.2. The average molecular weight is 246 g/mol. The van der Waals surface area contributed by atoms with E-state index in [-0.39, 0.29) is 23.5 Å². The lowest BCUT2D eigenvalue weighted by Gasteiger charge is -2.29. The van der Waals surface area contributed by atoms with Crippen molar-refractivity contribution in [3.8, 4) is 0 Å². The summed E-state index contributed by atoms with van der Waals surface area (Å²) in [5.41, 5.74) is 5.17. The lowest BCUT2D eigenvalue weighted by Crippen LogP contribution is -2.50. The van der Waals surface area contributed by atoms with Crippen LogP contribution in [0.1, 0.15) is 26.2 Å². The van der Waals surface area contributed by atoms with Gasteiger partial charge in [0.15, 0.2) is 9.84 Å². The van der Waals surface area contributed by atoms with Crippen molar-refractivity contribution >= 4 is 15.7 Å². The molecule has 1 aliphatic heterocycles. The molecule has 1 atom stereocenters. The molecule has 0 aromatic heterocycles. The van der Waals surface area contributed by atoms with Crippen molar-refractivity contribution in [2.45, 2.75) is 37.8 Å². The molecule has 1 heterocycles. The molecule has 0 radical (unpaired) electrons. The molecule has 2 rings (SSSR count). The van der Waals surface area contributed by atoms with E-state index in [9.17, 15) is 13.2 Å². The van der Waals surface area contributed by atoms with Crippen LogP contribution in [0, 0.1) is 0 Å². The standard InChI is InChI=1S/C10H18N2O3S/c1-2-12(9(13)10(11)4-5-10)8-3-6-16(14,15)7-8/h8H,2-7,11H2,1H3. The normalized spacial score (nSPS) is 30.0. The number of amides is 1. The second-order valence-corrected chi connectivity index (χ2v) is 7.03. The van der Waals surface area contributed by atoms with E-state index < -0.39 is 15.4 Å². The predicted octanol–water partition coefficient (Wildman–Crippen LogP) is -0.487. The van der Waals surface area contributed by atoms with Gasteiger partial charge in [0.1, 0.15) is 0 Å². The predicted molar refractivity (Wildman–Crippen MR) is 60.6 cm³/mol. The van der Waals surface area contributed by atoms with Gasteiger partial charge in [-0.15, -0.1) is 0 Å². The minimum absolute atomic E-state index is 0.0721. The van der Waals surface area contributed by atoms with E-state index in [1.165, 1.54) is 0 Å². The van der Waals surface area contributed by atoms with Gasteiger partial charge in [-0.1, -0.05) is 0 Å². The highest BCUT2D eigenvalue weighted by Gasteiger charge is 2.50. The Morgan fingerprint density at radius 2 is 2.12 bits per heavy atom. The first-order chi connectivity index (χ1) is 7.38. The number of sulfone groups is 1. The van der Waals surface area contributed by atoms with E-state index in [4.69, 9.17) is 5.73 Å². The molecular weight excluding hydrogens is 228 g/mol. The number of rotatable bonds is 3. The summed E-state index contributed by atoms with van der Waals surface area (Å²) in [5.74, 6) is 0.221. The molecule has 1 saturated carbocycles. The third-order valence-electron chi connectivity index (χ3n) is 3.47. The molecule has 6 heteroatoms. The molecule has 0 bridgehead atoms. The topological polar surface area (TPSA) is 80.5 Å². The number of nitrogens with zero attached hydrogens (tertiary/aromatic N) is 1. The van der Waals surface area contributed by atoms with Crippen molar-refractivity contribution in [2.24, 2.45) is 5.73 Å². The van der Waals surface area contributed by atoms with Crippen LogP contribution in [-0.4, -0.2) is 48.9 Å². The molecule has 1 aliphatic carbocycles. The summed E-state index contributed by atoms with van der Waals surface area (Å²) in [7, 11) is -2.94. The van der Waals surface area contributed by atoms with Crippen LogP contribution in [0.5, 0.6) is 0 Å². The lowest BCUT2D eigenvalue weighted by atomic mass is 10.1. The SMILES string of the molecule is CCN(C(=O)C1(N)CC1)C1CCS(=O)(=O)C1. The number of hydrogen-bond donors (Lipinski definition) is 1. The number of likely N-dealkylation sites (N-methyl/N-ethyl adjacent to an activating group) is 1. The zero-order valence-corrected chi connectivity index (χ0v) is 10.3. The van der Waals surface area contributed by atoms with E-state index in [0.29, 0.717) is 13.0 Å². The third-order valence-corrected chi connectivity index (χ3v) is 5.22. The van der Waals surface area contributed by atoms with Crippen molar-refractivity contribution in [3.63, 3.8) is 0 Å². The summed E-state index contributed by atoms with van der Waals surface area (Å²) >= 11 is 0. The van der Waals surface area contributed by atoms with Crippen LogP contribution in [-0.2, 0) is 14.6 Å². The number of hydrogen-bond acceptors (Lipinski definition) is 4. The van der Waals surface area contributed by atoms with Crippen LogP contribution in [0.4, 0.5) is 0 Å². The van der Waals surface area contributed by atoms with Gasteiger partial charge in [-0.3, -0.25) is 4.79 Å². The first-order valence-electron chi connectivity index (χ1n) is 5.68. The Kier molecular flexibility index (Phi) is 2.74. The Morgan fingerprint density at radius 3 is 2.50 bits per heavy atom. The first-order valence-corrected chi connectivity index (χ1v) is 7.50. The van der Waals surface area contributed by atoms with Crippen LogP contribution in [0.25, 0.3) is 0 Å². The van der Waals surface area contributed by atoms with Gasteiger partial charge in [0.05, 0.1) is 17.0 Å². The first kappa shape index (κ1) is 11.9. The third kappa shape index (κ3) is 2.08. The van der Waals surface area contributed by atoms with E-state index in [0.717, 1.165) is 12.8 Å². The number of carbonyl (C=O) groups is 1. The van der Waals surface area contributed by atoms with Crippen LogP contribution in [0.3, 0.4) is 0 Å². The van der Waals surface area contributed by atoms with Gasteiger partial charge >= 0.3 is 0 Å². The monoisotopic (exact) mass is 246 g/mol. The Labute approximate surface area is 95.9 Å². The van der Waals surface area contributed by atoms with Crippen LogP contribution in [0.2, 0.25) is 0 Å². The summed E-state index contributed by atoms with van der Waals surface area (Å²) in [5, 5.41) is 0. The fraction of sp³-hybridized carbons (Fsp3) is 0.900. The molecule has 16 heavy (non-hydrogen) atoms. The zero-order valence-electron chi connectivity index (χ0n) is 9.48. The Hall–Kier alpha value is -0.620. The molecule has 1 amide bonds. The molecule has 92 valence electrons. The van der Waals surface area contributed by atoms with Crippen LogP contribution >= 0.6 is 0 Å². The fourth-order valence-electron chi connectivity index (χ4n) is 2.22. The molecule has 2 N–H and O–H groups in total. The van der Waals surface area contributed by atoms with E-state index >= 15 is 0 Å². The second kappa shape index (κ2) is 3.70. The lowest BCUT2D eigenvalue weighted by molar-refractivity contribution is -0.135. The molecule has 0 aromatic carbocycles. The molecule has 1 saturated heterocycles. The maximum atomic E-state index is 12.1. The molecule has 2 aliphatic rings. The van der Waals surface area contributed by atoms with Crippen LogP contribution in [0.15, 0.2) is 0 Å². The average Bonchev–Trinajstić information content (AvgIpc) is 2.85.